The maximum absolute atomic E-state index is 12.5. The molecule has 3 aromatic rings. The Morgan fingerprint density at radius 3 is 1.88 bits per heavy atom. The number of hydrogen-bond acceptors (Lipinski definition) is 7. The van der Waals surface area contributed by atoms with Gasteiger partial charge in [0.1, 0.15) is 9.79 Å². The van der Waals surface area contributed by atoms with Crippen molar-refractivity contribution in [3.63, 3.8) is 0 Å². The van der Waals surface area contributed by atoms with E-state index in [4.69, 9.17) is 11.5 Å². The number of rotatable bonds is 6. The Labute approximate surface area is 188 Å². The van der Waals surface area contributed by atoms with Crippen LogP contribution in [-0.2, 0) is 20.2 Å². The van der Waals surface area contributed by atoms with E-state index in [2.05, 4.69) is 5.32 Å². The van der Waals surface area contributed by atoms with Gasteiger partial charge in [-0.2, -0.15) is 16.8 Å². The topological polar surface area (TPSA) is 207 Å². The molecular weight excluding hydrogens is 474 g/mol. The summed E-state index contributed by atoms with van der Waals surface area (Å²) in [7, 11) is -9.72. The molecule has 0 aliphatic heterocycles. The van der Waals surface area contributed by atoms with Gasteiger partial charge in [-0.05, 0) is 42.5 Å². The molecule has 2 amide bonds. The van der Waals surface area contributed by atoms with Crippen LogP contribution in [0.5, 0.6) is 0 Å². The zero-order valence-corrected chi connectivity index (χ0v) is 18.2. The number of benzene rings is 3. The van der Waals surface area contributed by atoms with E-state index in [0.29, 0.717) is 0 Å². The molecule has 0 unspecified atom stereocenters. The van der Waals surface area contributed by atoms with Crippen molar-refractivity contribution >= 4 is 43.4 Å². The second-order valence-corrected chi connectivity index (χ2v) is 9.60. The minimum atomic E-state index is -4.92. The van der Waals surface area contributed by atoms with Crippen molar-refractivity contribution in [3.05, 3.63) is 71.8 Å². The second-order valence-electron chi connectivity index (χ2n) is 6.82. The molecule has 0 fully saturated rings. The third kappa shape index (κ3) is 5.35. The van der Waals surface area contributed by atoms with Gasteiger partial charge in [-0.25, -0.2) is 0 Å². The van der Waals surface area contributed by atoms with E-state index in [-0.39, 0.29) is 33.6 Å². The number of carbonyl (C=O) groups excluding carboxylic acids is 2. The van der Waals surface area contributed by atoms with Crippen LogP contribution in [-0.4, -0.2) is 37.8 Å². The first kappa shape index (κ1) is 23.9. The summed E-state index contributed by atoms with van der Waals surface area (Å²) in [6, 6.07) is 12.1. The van der Waals surface area contributed by atoms with Crippen molar-refractivity contribution in [1.29, 1.82) is 0 Å². The molecule has 3 aromatic carbocycles. The molecule has 3 rings (SSSR count). The van der Waals surface area contributed by atoms with Gasteiger partial charge >= 0.3 is 0 Å². The maximum atomic E-state index is 12.5. The molecule has 172 valence electrons. The molecule has 0 saturated carbocycles. The van der Waals surface area contributed by atoms with Crippen LogP contribution < -0.4 is 16.8 Å². The standard InChI is InChI=1S/C20H17N3O8S2/c21-13-4-6-15(17(9-13)32(26,27)28)16-7-5-14(10-18(16)33(29,30)31)23-20(25)12-3-1-2-11(8-12)19(22)24/h1-10H,21H2,(H2,22,24)(H,23,25)(H,26,27,28)(H,29,30,31). The quantitative estimate of drug-likeness (QED) is 0.251. The van der Waals surface area contributed by atoms with Gasteiger partial charge in [0.05, 0.1) is 0 Å². The summed E-state index contributed by atoms with van der Waals surface area (Å²) in [5, 5.41) is 2.42. The number of hydrogen-bond donors (Lipinski definition) is 5. The number of amides is 2. The first-order chi connectivity index (χ1) is 15.3. The highest BCUT2D eigenvalue weighted by molar-refractivity contribution is 7.86. The summed E-state index contributed by atoms with van der Waals surface area (Å²) in [4.78, 5) is 22.4. The minimum absolute atomic E-state index is 0.0122. The van der Waals surface area contributed by atoms with E-state index in [1.54, 1.807) is 0 Å². The molecule has 0 aromatic heterocycles. The van der Waals surface area contributed by atoms with Crippen LogP contribution in [0.4, 0.5) is 11.4 Å². The van der Waals surface area contributed by atoms with Crippen LogP contribution in [0, 0.1) is 0 Å². The molecule has 33 heavy (non-hydrogen) atoms. The molecule has 0 bridgehead atoms. The number of primary amides is 1. The largest absolute Gasteiger partial charge is 0.399 e. The molecule has 0 saturated heterocycles. The van der Waals surface area contributed by atoms with E-state index < -0.39 is 41.8 Å². The smallest absolute Gasteiger partial charge is 0.295 e. The minimum Gasteiger partial charge on any atom is -0.399 e. The summed E-state index contributed by atoms with van der Waals surface area (Å²) in [6.45, 7) is 0. The van der Waals surface area contributed by atoms with Crippen LogP contribution in [0.2, 0.25) is 0 Å². The first-order valence-electron chi connectivity index (χ1n) is 8.97. The van der Waals surface area contributed by atoms with E-state index >= 15 is 0 Å². The van der Waals surface area contributed by atoms with Crippen molar-refractivity contribution in [2.45, 2.75) is 9.79 Å². The van der Waals surface area contributed by atoms with E-state index in [0.717, 1.165) is 24.3 Å². The van der Waals surface area contributed by atoms with Crippen LogP contribution in [0.15, 0.2) is 70.5 Å². The van der Waals surface area contributed by atoms with Gasteiger partial charge in [-0.1, -0.05) is 18.2 Å². The van der Waals surface area contributed by atoms with Crippen molar-refractivity contribution in [2.75, 3.05) is 11.1 Å². The van der Waals surface area contributed by atoms with Crippen LogP contribution in [0.25, 0.3) is 11.1 Å². The molecule has 0 radical (unpaired) electrons. The molecule has 11 nitrogen and oxygen atoms in total. The molecule has 0 aliphatic rings. The zero-order valence-electron chi connectivity index (χ0n) is 16.6. The lowest BCUT2D eigenvalue weighted by Crippen LogP contribution is -2.15. The fourth-order valence-electron chi connectivity index (χ4n) is 3.03. The normalized spacial score (nSPS) is 11.7. The van der Waals surface area contributed by atoms with Gasteiger partial charge in [0.15, 0.2) is 0 Å². The Morgan fingerprint density at radius 1 is 0.758 bits per heavy atom. The Balaban J connectivity index is 2.10. The van der Waals surface area contributed by atoms with Gasteiger partial charge in [0.2, 0.25) is 5.91 Å². The predicted octanol–water partition coefficient (Wildman–Crippen LogP) is 1.78. The predicted molar refractivity (Wildman–Crippen MR) is 119 cm³/mol. The van der Waals surface area contributed by atoms with Crippen LogP contribution in [0.3, 0.4) is 0 Å². The highest BCUT2D eigenvalue weighted by atomic mass is 32.2. The summed E-state index contributed by atoms with van der Waals surface area (Å²) in [6.07, 6.45) is 0. The van der Waals surface area contributed by atoms with Crippen molar-refractivity contribution < 1.29 is 35.5 Å². The van der Waals surface area contributed by atoms with Crippen molar-refractivity contribution in [2.24, 2.45) is 5.73 Å². The summed E-state index contributed by atoms with van der Waals surface area (Å²) in [5.41, 5.74) is 10.3. The average molecular weight is 492 g/mol. The zero-order chi connectivity index (χ0) is 24.6. The monoisotopic (exact) mass is 491 g/mol. The van der Waals surface area contributed by atoms with Crippen LogP contribution in [0.1, 0.15) is 20.7 Å². The Morgan fingerprint density at radius 2 is 1.30 bits per heavy atom. The summed E-state index contributed by atoms with van der Waals surface area (Å²) < 4.78 is 66.9. The van der Waals surface area contributed by atoms with Gasteiger partial charge in [-0.15, -0.1) is 0 Å². The number of nitrogens with two attached hydrogens (primary N) is 2. The lowest BCUT2D eigenvalue weighted by Gasteiger charge is -2.14. The van der Waals surface area contributed by atoms with Crippen molar-refractivity contribution in [1.82, 2.24) is 0 Å². The number of nitrogen functional groups attached to an aromatic ring is 1. The average Bonchev–Trinajstić information content (AvgIpc) is 2.72. The number of nitrogens with one attached hydrogen (secondary N) is 1. The number of anilines is 2. The molecule has 0 spiro atoms. The molecular formula is C20H17N3O8S2. The third-order valence-corrected chi connectivity index (χ3v) is 6.29. The van der Waals surface area contributed by atoms with Gasteiger partial charge in [0.25, 0.3) is 26.1 Å². The SMILES string of the molecule is NC(=O)c1cccc(C(=O)Nc2ccc(-c3ccc(N)cc3S(=O)(=O)O)c(S(=O)(=O)O)c2)c1. The fraction of sp³-hybridized carbons (Fsp3) is 0. The number of carbonyl (C=O) groups is 2. The van der Waals surface area contributed by atoms with Crippen molar-refractivity contribution in [3.8, 4) is 11.1 Å². The third-order valence-electron chi connectivity index (χ3n) is 4.50. The Bertz CT molecular complexity index is 1500. The fourth-order valence-corrected chi connectivity index (χ4v) is 4.50. The Hall–Kier alpha value is -3.78. The lowest BCUT2D eigenvalue weighted by atomic mass is 10.0. The molecule has 0 atom stereocenters. The van der Waals surface area contributed by atoms with Crippen LogP contribution >= 0.6 is 0 Å². The highest BCUT2D eigenvalue weighted by Gasteiger charge is 2.24. The van der Waals surface area contributed by atoms with Gasteiger partial charge in [-0.3, -0.25) is 18.7 Å². The van der Waals surface area contributed by atoms with Gasteiger partial charge < -0.3 is 16.8 Å². The molecule has 7 N–H and O–H groups in total. The van der Waals surface area contributed by atoms with E-state index in [1.807, 2.05) is 0 Å². The first-order valence-corrected chi connectivity index (χ1v) is 11.9. The lowest BCUT2D eigenvalue weighted by molar-refractivity contribution is 0.1000. The molecule has 0 aliphatic carbocycles. The van der Waals surface area contributed by atoms with E-state index in [9.17, 15) is 35.5 Å². The maximum Gasteiger partial charge on any atom is 0.295 e. The second kappa shape index (κ2) is 8.63. The highest BCUT2D eigenvalue weighted by Crippen LogP contribution is 2.35. The summed E-state index contributed by atoms with van der Waals surface area (Å²) in [5.74, 6) is -1.46. The molecule has 0 heterocycles. The van der Waals surface area contributed by atoms with E-state index in [1.165, 1.54) is 36.4 Å². The summed E-state index contributed by atoms with van der Waals surface area (Å²) >= 11 is 0. The Kier molecular flexibility index (Phi) is 6.24. The molecule has 13 heteroatoms. The van der Waals surface area contributed by atoms with Gasteiger partial charge in [0, 0.05) is 33.6 Å².